The number of aryl methyl sites for hydroxylation is 1. The van der Waals surface area contributed by atoms with Crippen LogP contribution < -0.4 is 9.62 Å². The van der Waals surface area contributed by atoms with E-state index in [1.54, 1.807) is 30.3 Å². The van der Waals surface area contributed by atoms with Crippen molar-refractivity contribution in [3.8, 4) is 5.75 Å². The summed E-state index contributed by atoms with van der Waals surface area (Å²) in [6.07, 6.45) is 0. The number of hydrogen-bond donors (Lipinski definition) is 3. The highest BCUT2D eigenvalue weighted by Gasteiger charge is 2.20. The number of H-pyrrole nitrogens is 1. The highest BCUT2D eigenvalue weighted by molar-refractivity contribution is 7.93. The molecular weight excluding hydrogens is 422 g/mol. The second kappa shape index (κ2) is 7.17. The number of fused-ring (bicyclic) bond motifs is 4. The molecule has 5 aromatic rings. The quantitative estimate of drug-likeness (QED) is 0.348. The lowest BCUT2D eigenvalue weighted by Crippen LogP contribution is -2.15. The third-order valence-corrected chi connectivity index (χ3v) is 7.23. The zero-order chi connectivity index (χ0) is 22.6. The SMILES string of the molecule is Cc1cc2c(cc1NS(=O)(=O)c1cccc3c(N(C)C)cccc13)[nH]c1cc(O)ccc12. The maximum atomic E-state index is 13.4. The lowest BCUT2D eigenvalue weighted by Gasteiger charge is -2.17. The second-order valence-corrected chi connectivity index (χ2v) is 9.85. The molecule has 0 aliphatic rings. The van der Waals surface area contributed by atoms with Gasteiger partial charge in [0.15, 0.2) is 0 Å². The maximum absolute atomic E-state index is 13.4. The summed E-state index contributed by atoms with van der Waals surface area (Å²) >= 11 is 0. The molecule has 7 heteroatoms. The molecule has 0 saturated carbocycles. The monoisotopic (exact) mass is 445 g/mol. The van der Waals surface area contributed by atoms with Gasteiger partial charge in [0.1, 0.15) is 5.75 Å². The topological polar surface area (TPSA) is 85.4 Å². The number of aromatic amines is 1. The average molecular weight is 446 g/mol. The summed E-state index contributed by atoms with van der Waals surface area (Å²) in [6.45, 7) is 1.88. The molecule has 1 heterocycles. The van der Waals surface area contributed by atoms with Gasteiger partial charge in [0.25, 0.3) is 10.0 Å². The minimum atomic E-state index is -3.83. The molecule has 1 aromatic heterocycles. The van der Waals surface area contributed by atoms with Gasteiger partial charge in [-0.05, 0) is 48.9 Å². The Hall–Kier alpha value is -3.71. The van der Waals surface area contributed by atoms with Gasteiger partial charge in [-0.1, -0.05) is 24.3 Å². The Balaban J connectivity index is 1.63. The molecular formula is C25H23N3O3S. The van der Waals surface area contributed by atoms with E-state index in [2.05, 4.69) is 9.71 Å². The van der Waals surface area contributed by atoms with E-state index in [1.165, 1.54) is 0 Å². The van der Waals surface area contributed by atoms with Crippen molar-refractivity contribution in [3.05, 3.63) is 72.3 Å². The van der Waals surface area contributed by atoms with Crippen LogP contribution >= 0.6 is 0 Å². The van der Waals surface area contributed by atoms with Crippen LogP contribution in [0.5, 0.6) is 5.75 Å². The Morgan fingerprint density at radius 1 is 0.844 bits per heavy atom. The lowest BCUT2D eigenvalue weighted by molar-refractivity contribution is 0.476. The molecule has 162 valence electrons. The van der Waals surface area contributed by atoms with Gasteiger partial charge in [0, 0.05) is 52.9 Å². The van der Waals surface area contributed by atoms with Crippen molar-refractivity contribution in [2.24, 2.45) is 0 Å². The molecule has 0 aliphatic heterocycles. The summed E-state index contributed by atoms with van der Waals surface area (Å²) in [5, 5.41) is 13.3. The van der Waals surface area contributed by atoms with Crippen LogP contribution in [0.25, 0.3) is 32.6 Å². The lowest BCUT2D eigenvalue weighted by atomic mass is 10.1. The number of anilines is 2. The minimum absolute atomic E-state index is 0.176. The average Bonchev–Trinajstić information content (AvgIpc) is 3.08. The summed E-state index contributed by atoms with van der Waals surface area (Å²) in [4.78, 5) is 5.47. The summed E-state index contributed by atoms with van der Waals surface area (Å²) < 4.78 is 29.6. The van der Waals surface area contributed by atoms with Crippen LogP contribution in [-0.2, 0) is 10.0 Å². The number of aromatic nitrogens is 1. The van der Waals surface area contributed by atoms with Gasteiger partial charge in [-0.2, -0.15) is 0 Å². The standard InChI is InChI=1S/C25H23N3O3S/c1-15-12-20-17-11-10-16(29)13-22(17)26-23(20)14-21(15)27-32(30,31)25-9-5-6-18-19(25)7-4-8-24(18)28(2)3/h4-14,26-27,29H,1-3H3. The molecule has 0 fully saturated rings. The van der Waals surface area contributed by atoms with Gasteiger partial charge in [-0.15, -0.1) is 0 Å². The number of phenolic OH excluding ortho intramolecular Hbond substituents is 1. The van der Waals surface area contributed by atoms with Gasteiger partial charge >= 0.3 is 0 Å². The van der Waals surface area contributed by atoms with E-state index in [9.17, 15) is 13.5 Å². The fourth-order valence-electron chi connectivity index (χ4n) is 4.25. The Bertz CT molecular complexity index is 1620. The Kier molecular flexibility index (Phi) is 4.53. The number of nitrogens with zero attached hydrogens (tertiary/aromatic N) is 1. The van der Waals surface area contributed by atoms with Gasteiger partial charge in [-0.25, -0.2) is 8.42 Å². The van der Waals surface area contributed by atoms with E-state index in [0.29, 0.717) is 11.1 Å². The number of benzene rings is 4. The minimum Gasteiger partial charge on any atom is -0.508 e. The van der Waals surface area contributed by atoms with Crippen LogP contribution in [-0.4, -0.2) is 32.6 Å². The summed E-state index contributed by atoms with van der Waals surface area (Å²) in [6, 6.07) is 19.9. The van der Waals surface area contributed by atoms with Crippen molar-refractivity contribution in [1.29, 1.82) is 0 Å². The molecule has 5 rings (SSSR count). The van der Waals surface area contributed by atoms with Gasteiger partial charge in [0.2, 0.25) is 0 Å². The molecule has 0 spiro atoms. The van der Waals surface area contributed by atoms with E-state index < -0.39 is 10.0 Å². The molecule has 6 nitrogen and oxygen atoms in total. The number of sulfonamides is 1. The fraction of sp³-hybridized carbons (Fsp3) is 0.120. The summed E-state index contributed by atoms with van der Waals surface area (Å²) in [5.74, 6) is 0.176. The molecule has 0 amide bonds. The Morgan fingerprint density at radius 2 is 1.56 bits per heavy atom. The first-order valence-corrected chi connectivity index (χ1v) is 11.7. The third kappa shape index (κ3) is 3.22. The zero-order valence-electron chi connectivity index (χ0n) is 18.0. The normalized spacial score (nSPS) is 12.0. The highest BCUT2D eigenvalue weighted by atomic mass is 32.2. The molecule has 4 aromatic carbocycles. The predicted octanol–water partition coefficient (Wildman–Crippen LogP) is 5.36. The molecule has 0 radical (unpaired) electrons. The van der Waals surface area contributed by atoms with Crippen LogP contribution in [0.4, 0.5) is 11.4 Å². The molecule has 0 bridgehead atoms. The van der Waals surface area contributed by atoms with Crippen LogP contribution in [0.3, 0.4) is 0 Å². The molecule has 0 unspecified atom stereocenters. The van der Waals surface area contributed by atoms with Crippen LogP contribution in [0, 0.1) is 6.92 Å². The van der Waals surface area contributed by atoms with Gasteiger partial charge < -0.3 is 15.0 Å². The van der Waals surface area contributed by atoms with Crippen LogP contribution in [0.2, 0.25) is 0 Å². The van der Waals surface area contributed by atoms with Crippen molar-refractivity contribution in [2.45, 2.75) is 11.8 Å². The number of nitrogens with one attached hydrogen (secondary N) is 2. The first-order chi connectivity index (χ1) is 15.2. The molecule has 0 saturated heterocycles. The third-order valence-electron chi connectivity index (χ3n) is 5.80. The smallest absolute Gasteiger partial charge is 0.262 e. The van der Waals surface area contributed by atoms with Crippen molar-refractivity contribution >= 4 is 54.0 Å². The summed E-state index contributed by atoms with van der Waals surface area (Å²) in [5.41, 5.74) is 3.86. The maximum Gasteiger partial charge on any atom is 0.262 e. The molecule has 0 aliphatic carbocycles. The number of phenols is 1. The van der Waals surface area contributed by atoms with Crippen LogP contribution in [0.15, 0.2) is 71.6 Å². The van der Waals surface area contributed by atoms with Crippen molar-refractivity contribution in [2.75, 3.05) is 23.7 Å². The van der Waals surface area contributed by atoms with E-state index in [-0.39, 0.29) is 10.6 Å². The molecule has 3 N–H and O–H groups in total. The van der Waals surface area contributed by atoms with Gasteiger partial charge in [-0.3, -0.25) is 4.72 Å². The van der Waals surface area contributed by atoms with E-state index in [1.807, 2.05) is 62.3 Å². The fourth-order valence-corrected chi connectivity index (χ4v) is 5.59. The van der Waals surface area contributed by atoms with E-state index in [0.717, 1.165) is 38.4 Å². The van der Waals surface area contributed by atoms with Gasteiger partial charge in [0.05, 0.1) is 16.1 Å². The van der Waals surface area contributed by atoms with Crippen molar-refractivity contribution in [3.63, 3.8) is 0 Å². The Morgan fingerprint density at radius 3 is 2.34 bits per heavy atom. The molecule has 32 heavy (non-hydrogen) atoms. The van der Waals surface area contributed by atoms with E-state index >= 15 is 0 Å². The van der Waals surface area contributed by atoms with Crippen molar-refractivity contribution < 1.29 is 13.5 Å². The highest BCUT2D eigenvalue weighted by Crippen LogP contribution is 2.34. The number of hydrogen-bond acceptors (Lipinski definition) is 4. The van der Waals surface area contributed by atoms with Crippen LogP contribution in [0.1, 0.15) is 5.56 Å². The Labute approximate surface area is 186 Å². The summed E-state index contributed by atoms with van der Waals surface area (Å²) in [7, 11) is 0.0420. The number of aromatic hydroxyl groups is 1. The number of rotatable bonds is 4. The first-order valence-electron chi connectivity index (χ1n) is 10.2. The largest absolute Gasteiger partial charge is 0.508 e. The molecule has 0 atom stereocenters. The predicted molar refractivity (Wildman–Crippen MR) is 131 cm³/mol. The first kappa shape index (κ1) is 20.2. The van der Waals surface area contributed by atoms with Crippen molar-refractivity contribution in [1.82, 2.24) is 4.98 Å². The zero-order valence-corrected chi connectivity index (χ0v) is 18.8. The second-order valence-electron chi connectivity index (χ2n) is 8.20. The van der Waals surface area contributed by atoms with E-state index in [4.69, 9.17) is 0 Å².